The van der Waals surface area contributed by atoms with Crippen LogP contribution in [0.4, 0.5) is 0 Å². The molecule has 0 aliphatic heterocycles. The second-order valence-electron chi connectivity index (χ2n) is 3.81. The topological polar surface area (TPSA) is 52.6 Å². The van der Waals surface area contributed by atoms with Crippen molar-refractivity contribution in [2.75, 3.05) is 13.2 Å². The number of rotatable bonds is 7. The summed E-state index contributed by atoms with van der Waals surface area (Å²) in [5.41, 5.74) is 1.06. The van der Waals surface area contributed by atoms with Crippen molar-refractivity contribution >= 4 is 18.4 Å². The third-order valence-electron chi connectivity index (χ3n) is 2.35. The maximum atomic E-state index is 12.5. The van der Waals surface area contributed by atoms with Crippen LogP contribution in [0.25, 0.3) is 0 Å². The van der Waals surface area contributed by atoms with Crippen LogP contribution in [0.1, 0.15) is 19.4 Å². The molecule has 6 heteroatoms. The maximum Gasteiger partial charge on any atom is 0.369 e. The average molecular weight is 302 g/mol. The molecule has 1 atom stereocenters. The first-order valence-corrected chi connectivity index (χ1v) is 8.71. The van der Waals surface area contributed by atoms with Crippen LogP contribution >= 0.6 is 7.60 Å². The van der Waals surface area contributed by atoms with Crippen molar-refractivity contribution in [1.82, 2.24) is 0 Å². The molecule has 0 aliphatic carbocycles. The van der Waals surface area contributed by atoms with E-state index in [2.05, 4.69) is 6.58 Å². The van der Waals surface area contributed by atoms with E-state index in [1.165, 1.54) is 0 Å². The van der Waals surface area contributed by atoms with Crippen molar-refractivity contribution in [2.24, 2.45) is 0 Å². The SMILES string of the molecule is C=C(S(=O)c1ccc(C)cc1)P(=O)(OCC)OCC. The molecule has 1 aromatic rings. The highest BCUT2D eigenvalue weighted by Gasteiger charge is 2.32. The lowest BCUT2D eigenvalue weighted by Gasteiger charge is -2.18. The van der Waals surface area contributed by atoms with Gasteiger partial charge >= 0.3 is 7.60 Å². The summed E-state index contributed by atoms with van der Waals surface area (Å²) in [5.74, 6) is 0. The maximum absolute atomic E-state index is 12.5. The minimum Gasteiger partial charge on any atom is -0.305 e. The standard InChI is InChI=1S/C13H19O4PS/c1-5-16-18(14,17-6-2)12(4)19(15)13-9-7-11(3)8-10-13/h7-10H,4-6H2,1-3H3. The zero-order valence-corrected chi connectivity index (χ0v) is 13.1. The zero-order chi connectivity index (χ0) is 14.5. The Balaban J connectivity index is 3.00. The Labute approximate surface area is 116 Å². The molecule has 0 spiro atoms. The Kier molecular flexibility index (Phi) is 6.14. The third-order valence-corrected chi connectivity index (χ3v) is 6.46. The molecule has 0 bridgehead atoms. The molecule has 4 nitrogen and oxygen atoms in total. The van der Waals surface area contributed by atoms with E-state index in [9.17, 15) is 8.77 Å². The summed E-state index contributed by atoms with van der Waals surface area (Å²) in [6.45, 7) is 9.41. The minimum atomic E-state index is -3.54. The van der Waals surface area contributed by atoms with Crippen molar-refractivity contribution in [2.45, 2.75) is 25.7 Å². The van der Waals surface area contributed by atoms with E-state index in [1.54, 1.807) is 26.0 Å². The molecule has 19 heavy (non-hydrogen) atoms. The smallest absolute Gasteiger partial charge is 0.305 e. The molecule has 0 radical (unpaired) electrons. The van der Waals surface area contributed by atoms with Gasteiger partial charge in [0.2, 0.25) is 0 Å². The summed E-state index contributed by atoms with van der Waals surface area (Å²) in [5, 5.41) is 0. The van der Waals surface area contributed by atoms with Gasteiger partial charge in [0.1, 0.15) is 4.65 Å². The second-order valence-corrected chi connectivity index (χ2v) is 7.66. The Morgan fingerprint density at radius 2 is 1.68 bits per heavy atom. The predicted octanol–water partition coefficient (Wildman–Crippen LogP) is 3.84. The van der Waals surface area contributed by atoms with Crippen LogP contribution in [-0.2, 0) is 24.4 Å². The zero-order valence-electron chi connectivity index (χ0n) is 11.4. The van der Waals surface area contributed by atoms with Crippen LogP contribution in [0.2, 0.25) is 0 Å². The van der Waals surface area contributed by atoms with Gasteiger partial charge in [0.15, 0.2) is 0 Å². The van der Waals surface area contributed by atoms with Gasteiger partial charge in [0.25, 0.3) is 0 Å². The van der Waals surface area contributed by atoms with Gasteiger partial charge in [0.05, 0.1) is 24.0 Å². The van der Waals surface area contributed by atoms with Gasteiger partial charge < -0.3 is 9.05 Å². The fourth-order valence-corrected chi connectivity index (χ4v) is 4.56. The lowest BCUT2D eigenvalue weighted by atomic mass is 10.2. The van der Waals surface area contributed by atoms with Gasteiger partial charge in [-0.15, -0.1) is 0 Å². The highest BCUT2D eigenvalue weighted by molar-refractivity contribution is 7.98. The van der Waals surface area contributed by atoms with Gasteiger partial charge in [-0.25, -0.2) is 4.21 Å². The van der Waals surface area contributed by atoms with Crippen LogP contribution in [0.3, 0.4) is 0 Å². The van der Waals surface area contributed by atoms with Crippen LogP contribution in [0.5, 0.6) is 0 Å². The lowest BCUT2D eigenvalue weighted by molar-refractivity contribution is 0.228. The molecule has 106 valence electrons. The highest BCUT2D eigenvalue weighted by atomic mass is 32.2. The molecule has 0 saturated heterocycles. The Morgan fingerprint density at radius 3 is 2.11 bits per heavy atom. The quantitative estimate of drug-likeness (QED) is 0.718. The van der Waals surface area contributed by atoms with Crippen LogP contribution in [0.15, 0.2) is 40.4 Å². The molecule has 0 aliphatic rings. The van der Waals surface area contributed by atoms with E-state index < -0.39 is 18.4 Å². The summed E-state index contributed by atoms with van der Waals surface area (Å²) < 4.78 is 35.1. The van der Waals surface area contributed by atoms with Crippen molar-refractivity contribution in [3.63, 3.8) is 0 Å². The Bertz CT molecular complexity index is 500. The summed E-state index contributed by atoms with van der Waals surface area (Å²) in [6.07, 6.45) is 0. The molecular weight excluding hydrogens is 283 g/mol. The van der Waals surface area contributed by atoms with E-state index in [0.717, 1.165) is 5.56 Å². The third kappa shape index (κ3) is 4.11. The number of hydrogen-bond acceptors (Lipinski definition) is 4. The van der Waals surface area contributed by atoms with Crippen LogP contribution < -0.4 is 0 Å². The van der Waals surface area contributed by atoms with E-state index in [4.69, 9.17) is 9.05 Å². The molecule has 0 N–H and O–H groups in total. The molecule has 1 unspecified atom stereocenters. The van der Waals surface area contributed by atoms with Crippen LogP contribution in [-0.4, -0.2) is 17.4 Å². The van der Waals surface area contributed by atoms with E-state index in [-0.39, 0.29) is 17.9 Å². The van der Waals surface area contributed by atoms with Gasteiger partial charge in [-0.2, -0.15) is 0 Å². The van der Waals surface area contributed by atoms with Gasteiger partial charge in [-0.1, -0.05) is 24.3 Å². The largest absolute Gasteiger partial charge is 0.369 e. The van der Waals surface area contributed by atoms with Gasteiger partial charge in [0, 0.05) is 4.90 Å². The minimum absolute atomic E-state index is 0.0138. The summed E-state index contributed by atoms with van der Waals surface area (Å²) >= 11 is 0. The molecule has 0 saturated carbocycles. The first-order valence-electron chi connectivity index (χ1n) is 6.01. The fourth-order valence-electron chi connectivity index (χ4n) is 1.42. The lowest BCUT2D eigenvalue weighted by Crippen LogP contribution is -2.03. The first kappa shape index (κ1) is 16.3. The molecule has 1 rings (SSSR count). The molecule has 0 aromatic heterocycles. The van der Waals surface area contributed by atoms with Crippen LogP contribution in [0, 0.1) is 6.92 Å². The van der Waals surface area contributed by atoms with Gasteiger partial charge in [-0.3, -0.25) is 4.57 Å². The van der Waals surface area contributed by atoms with E-state index in [0.29, 0.717) is 4.90 Å². The molecule has 1 aromatic carbocycles. The normalized spacial score (nSPS) is 13.2. The molecule has 0 fully saturated rings. The molecule has 0 amide bonds. The number of aryl methyl sites for hydroxylation is 1. The van der Waals surface area contributed by atoms with Crippen molar-refractivity contribution < 1.29 is 17.8 Å². The Morgan fingerprint density at radius 1 is 1.21 bits per heavy atom. The van der Waals surface area contributed by atoms with Gasteiger partial charge in [-0.05, 0) is 32.9 Å². The number of hydrogen-bond donors (Lipinski definition) is 0. The summed E-state index contributed by atoms with van der Waals surface area (Å²) in [4.78, 5) is 0.537. The Hall–Kier alpha value is -0.740. The highest BCUT2D eigenvalue weighted by Crippen LogP contribution is 2.57. The monoisotopic (exact) mass is 302 g/mol. The summed E-state index contributed by atoms with van der Waals surface area (Å²) in [7, 11) is -5.15. The first-order chi connectivity index (χ1) is 8.94. The average Bonchev–Trinajstić information content (AvgIpc) is 2.38. The predicted molar refractivity (Wildman–Crippen MR) is 77.6 cm³/mol. The van der Waals surface area contributed by atoms with E-state index >= 15 is 0 Å². The van der Waals surface area contributed by atoms with Crippen molar-refractivity contribution in [3.05, 3.63) is 41.1 Å². The van der Waals surface area contributed by atoms with Crippen molar-refractivity contribution in [3.8, 4) is 0 Å². The fraction of sp³-hybridized carbons (Fsp3) is 0.385. The second kappa shape index (κ2) is 7.15. The molecule has 0 heterocycles. The number of benzene rings is 1. The molecular formula is C13H19O4PS. The van der Waals surface area contributed by atoms with E-state index in [1.807, 2.05) is 19.1 Å². The summed E-state index contributed by atoms with van der Waals surface area (Å²) in [6, 6.07) is 7.12. The van der Waals surface area contributed by atoms with Crippen molar-refractivity contribution in [1.29, 1.82) is 0 Å².